The van der Waals surface area contributed by atoms with Crippen molar-refractivity contribution < 1.29 is 23.3 Å². The molecule has 0 bridgehead atoms. The second-order valence-corrected chi connectivity index (χ2v) is 13.9. The molecule has 2 saturated carbocycles. The first-order valence-corrected chi connectivity index (χ1v) is 20.6. The molecule has 4 aliphatic rings. The van der Waals surface area contributed by atoms with Crippen molar-refractivity contribution in [1.82, 2.24) is 0 Å². The van der Waals surface area contributed by atoms with Crippen LogP contribution in [0, 0.1) is 25.0 Å². The Morgan fingerprint density at radius 3 is 1.59 bits per heavy atom. The molecular formula is C40H58Cl2SiZr-4. The number of rotatable bonds is 0. The maximum absolute atomic E-state index is 3.53. The molecule has 0 aliphatic heterocycles. The van der Waals surface area contributed by atoms with E-state index < -0.39 is 0 Å². The molecule has 0 N–H and O–H groups in total. The fourth-order valence-corrected chi connectivity index (χ4v) is 5.48. The van der Waals surface area contributed by atoms with Gasteiger partial charge < -0.3 is 12.8 Å². The molecule has 2 aromatic rings. The molecular weight excluding hydrogens is 671 g/mol. The summed E-state index contributed by atoms with van der Waals surface area (Å²) in [6.07, 6.45) is 33.0. The second kappa shape index (κ2) is 23.8. The minimum absolute atomic E-state index is 0. The van der Waals surface area contributed by atoms with Crippen molar-refractivity contribution >= 4 is 31.7 Å². The molecule has 0 aromatic heterocycles. The summed E-state index contributed by atoms with van der Waals surface area (Å²) in [5.74, 6) is 0. The molecule has 0 heterocycles. The van der Waals surface area contributed by atoms with Gasteiger partial charge in [0.15, 0.2) is 0 Å². The molecule has 0 nitrogen and oxygen atoms in total. The Morgan fingerprint density at radius 2 is 1.18 bits per heavy atom. The van der Waals surface area contributed by atoms with Crippen LogP contribution in [0.1, 0.15) is 147 Å². The summed E-state index contributed by atoms with van der Waals surface area (Å²) in [5, 5.41) is 0. The molecule has 4 heteroatoms. The van der Waals surface area contributed by atoms with Crippen LogP contribution in [-0.4, -0.2) is 6.88 Å². The summed E-state index contributed by atoms with van der Waals surface area (Å²) in [6.45, 7) is 16.7. The number of allylic oxidation sites excluding steroid dienone is 4. The van der Waals surface area contributed by atoms with Gasteiger partial charge in [0.2, 0.25) is 0 Å². The van der Waals surface area contributed by atoms with Crippen molar-refractivity contribution in [3.05, 3.63) is 95.8 Å². The summed E-state index contributed by atoms with van der Waals surface area (Å²) in [4.78, 5) is 0. The monoisotopic (exact) mass is 726 g/mol. The van der Waals surface area contributed by atoms with Crippen LogP contribution in [0.3, 0.4) is 0 Å². The minimum atomic E-state index is 0. The fourth-order valence-electron chi connectivity index (χ4n) is 5.48. The average Bonchev–Trinajstić information content (AvgIpc) is 3.44. The van der Waals surface area contributed by atoms with Gasteiger partial charge in [-0.3, -0.25) is 6.08 Å². The van der Waals surface area contributed by atoms with Crippen LogP contribution in [0.4, 0.5) is 0 Å². The van der Waals surface area contributed by atoms with Crippen LogP contribution >= 0.6 is 24.8 Å². The van der Waals surface area contributed by atoms with Gasteiger partial charge in [-0.05, 0) is 17.4 Å². The van der Waals surface area contributed by atoms with Gasteiger partial charge >= 0.3 is 30.2 Å². The molecule has 0 amide bonds. The first-order chi connectivity index (χ1) is 20.2. The van der Waals surface area contributed by atoms with E-state index >= 15 is 0 Å². The van der Waals surface area contributed by atoms with E-state index in [0.717, 1.165) is 12.8 Å². The van der Waals surface area contributed by atoms with Crippen LogP contribution in [0.25, 0.3) is 11.1 Å². The van der Waals surface area contributed by atoms with Gasteiger partial charge in [-0.1, -0.05) is 128 Å². The standard InChI is InChI=1S/C21H25.2C7H13.C5H5.2ClH.Si.Zr/c1-20(2,3)16-9-7-14-11-15-8-10-17(21(4,5)6)13-19(15)18(14)12-16;2*1-2-4-6-7-5-3-1;1-2-4-5-3-1;;;;/h7,9-10,12-13H,11H2,1-6H3;2*1H,2-7H2;1-3H,4H2;2*1H;;/q4*-1;;;;. The van der Waals surface area contributed by atoms with E-state index in [0.29, 0.717) is 0 Å². The van der Waals surface area contributed by atoms with E-state index in [1.54, 1.807) is 0 Å². The molecule has 244 valence electrons. The molecule has 0 spiro atoms. The zero-order valence-electron chi connectivity index (χ0n) is 28.5. The zero-order chi connectivity index (χ0) is 30.8. The Kier molecular flexibility index (Phi) is 23.6. The molecule has 0 unspecified atom stereocenters. The molecule has 0 saturated heterocycles. The Morgan fingerprint density at radius 1 is 0.682 bits per heavy atom. The average molecular weight is 729 g/mol. The van der Waals surface area contributed by atoms with E-state index in [9.17, 15) is 0 Å². The Labute approximate surface area is 302 Å². The van der Waals surface area contributed by atoms with Crippen LogP contribution in [0.5, 0.6) is 0 Å². The van der Waals surface area contributed by atoms with Crippen LogP contribution in [0.2, 0.25) is 0 Å². The topological polar surface area (TPSA) is 0 Å². The van der Waals surface area contributed by atoms with Gasteiger partial charge in [0.05, 0.1) is 0 Å². The van der Waals surface area contributed by atoms with Gasteiger partial charge in [0, 0.05) is 0 Å². The van der Waals surface area contributed by atoms with E-state index in [4.69, 9.17) is 0 Å². The quantitative estimate of drug-likeness (QED) is 0.123. The molecule has 2 aromatic carbocycles. The van der Waals surface area contributed by atoms with Crippen molar-refractivity contribution in [3.8, 4) is 11.1 Å². The van der Waals surface area contributed by atoms with E-state index in [1.807, 2.05) is 12.2 Å². The zero-order valence-corrected chi connectivity index (χ0v) is 33.6. The Hall–Kier alpha value is -0.400. The normalized spacial score (nSPS) is 16.4. The van der Waals surface area contributed by atoms with Crippen molar-refractivity contribution in [2.24, 2.45) is 0 Å². The van der Waals surface area contributed by atoms with Crippen LogP contribution < -0.4 is 0 Å². The molecule has 6 rings (SSSR count). The third kappa shape index (κ3) is 16.4. The predicted octanol–water partition coefficient (Wildman–Crippen LogP) is 12.5. The summed E-state index contributed by atoms with van der Waals surface area (Å²) in [6, 6.07) is 15.1. The predicted molar refractivity (Wildman–Crippen MR) is 197 cm³/mol. The summed E-state index contributed by atoms with van der Waals surface area (Å²) in [5.41, 5.74) is 8.76. The molecule has 2 radical (unpaired) electrons. The Bertz CT molecular complexity index is 983. The molecule has 4 aliphatic carbocycles. The molecule has 0 atom stereocenters. The summed E-state index contributed by atoms with van der Waals surface area (Å²) < 4.78 is 0. The van der Waals surface area contributed by atoms with Gasteiger partial charge in [-0.25, -0.2) is 12.2 Å². The van der Waals surface area contributed by atoms with Gasteiger partial charge in [-0.2, -0.15) is 61.1 Å². The Balaban J connectivity index is 0.000000658. The first kappa shape index (κ1) is 43.6. The van der Waals surface area contributed by atoms with Crippen molar-refractivity contribution in [2.75, 3.05) is 0 Å². The maximum atomic E-state index is 3.53. The van der Waals surface area contributed by atoms with Crippen molar-refractivity contribution in [2.45, 2.75) is 142 Å². The van der Waals surface area contributed by atoms with Crippen molar-refractivity contribution in [3.63, 3.8) is 0 Å². The summed E-state index contributed by atoms with van der Waals surface area (Å²) in [7, 11) is 0. The number of hydrogen-bond acceptors (Lipinski definition) is 0. The number of fused-ring (bicyclic) bond motifs is 3. The van der Waals surface area contributed by atoms with Gasteiger partial charge in [0.25, 0.3) is 0 Å². The van der Waals surface area contributed by atoms with E-state index in [-0.39, 0.29) is 35.6 Å². The molecule has 2 fully saturated rings. The van der Waals surface area contributed by atoms with E-state index in [1.165, 1.54) is 134 Å². The third-order valence-electron chi connectivity index (χ3n) is 8.25. The van der Waals surface area contributed by atoms with Crippen LogP contribution in [0.15, 0.2) is 48.6 Å². The SMILES string of the molecule is CC(C)(C)c1c[c-]c2c(c1)-c1cc(C(C)(C)C)ccc1C2.Cl.Cl.[C-]1=CC=CC1.[CH-]1CCCCCC1.[CH-]1CCCCCC1.[Si]=[Zr]. The first-order valence-electron chi connectivity index (χ1n) is 16.4. The fraction of sp³-hybridized carbons (Fsp3) is 0.550. The van der Waals surface area contributed by atoms with Crippen molar-refractivity contribution in [1.29, 1.82) is 0 Å². The molecule has 44 heavy (non-hydrogen) atoms. The van der Waals surface area contributed by atoms with Gasteiger partial charge in [-0.15, -0.1) is 36.8 Å². The summed E-state index contributed by atoms with van der Waals surface area (Å²) >= 11 is 1.36. The van der Waals surface area contributed by atoms with E-state index in [2.05, 4.69) is 110 Å². The van der Waals surface area contributed by atoms with Gasteiger partial charge in [0.1, 0.15) is 0 Å². The third-order valence-corrected chi connectivity index (χ3v) is 8.25. The van der Waals surface area contributed by atoms with Crippen LogP contribution in [-0.2, 0) is 40.6 Å². The number of halogens is 2. The number of benzene rings is 2. The number of hydrogen-bond donors (Lipinski definition) is 0. The second-order valence-electron chi connectivity index (χ2n) is 13.9.